The molecule has 4 nitrogen and oxygen atoms in total. The van der Waals surface area contributed by atoms with Crippen molar-refractivity contribution < 1.29 is 27.9 Å². The highest BCUT2D eigenvalue weighted by Crippen LogP contribution is 2.40. The number of carbonyl (C=O) groups excluding carboxylic acids is 1. The van der Waals surface area contributed by atoms with E-state index in [1.54, 1.807) is 0 Å². The molecule has 0 bridgehead atoms. The van der Waals surface area contributed by atoms with Crippen LogP contribution in [0.15, 0.2) is 0 Å². The molecule has 0 aromatic rings. The zero-order valence-corrected chi connectivity index (χ0v) is 10.9. The average molecular weight is 281 g/mol. The lowest BCUT2D eigenvalue weighted by molar-refractivity contribution is -0.186. The molecule has 110 valence electrons. The van der Waals surface area contributed by atoms with Crippen LogP contribution in [0.1, 0.15) is 39.5 Å². The quantitative estimate of drug-likeness (QED) is 0.834. The Hall–Kier alpha value is -1.27. The van der Waals surface area contributed by atoms with Gasteiger partial charge < -0.3 is 10.4 Å². The summed E-state index contributed by atoms with van der Waals surface area (Å²) in [7, 11) is 0. The van der Waals surface area contributed by atoms with Gasteiger partial charge in [0.1, 0.15) is 5.54 Å². The van der Waals surface area contributed by atoms with E-state index in [1.807, 2.05) is 0 Å². The minimum atomic E-state index is -4.29. The molecule has 1 fully saturated rings. The number of nitrogens with one attached hydrogen (secondary N) is 1. The van der Waals surface area contributed by atoms with Gasteiger partial charge >= 0.3 is 12.1 Å². The zero-order chi connectivity index (χ0) is 14.8. The molecule has 0 aromatic heterocycles. The van der Waals surface area contributed by atoms with Crippen molar-refractivity contribution in [3.63, 3.8) is 0 Å². The van der Waals surface area contributed by atoms with Crippen LogP contribution in [0.4, 0.5) is 13.2 Å². The third-order valence-electron chi connectivity index (χ3n) is 3.48. The monoisotopic (exact) mass is 281 g/mol. The van der Waals surface area contributed by atoms with Crippen molar-refractivity contribution in [1.82, 2.24) is 5.32 Å². The molecule has 0 heterocycles. The first-order valence-corrected chi connectivity index (χ1v) is 6.16. The molecule has 0 aromatic carbocycles. The van der Waals surface area contributed by atoms with Crippen molar-refractivity contribution in [3.05, 3.63) is 0 Å². The topological polar surface area (TPSA) is 66.4 Å². The van der Waals surface area contributed by atoms with E-state index in [4.69, 9.17) is 5.11 Å². The third-order valence-corrected chi connectivity index (χ3v) is 3.48. The van der Waals surface area contributed by atoms with E-state index in [2.05, 4.69) is 5.32 Å². The highest BCUT2D eigenvalue weighted by molar-refractivity contribution is 5.87. The number of amides is 1. The third kappa shape index (κ3) is 4.11. The summed E-state index contributed by atoms with van der Waals surface area (Å²) in [6.07, 6.45) is -3.81. The van der Waals surface area contributed by atoms with Gasteiger partial charge in [-0.05, 0) is 33.1 Å². The van der Waals surface area contributed by atoms with Crippen LogP contribution in [0.3, 0.4) is 0 Å². The molecular weight excluding hydrogens is 263 g/mol. The largest absolute Gasteiger partial charge is 0.480 e. The molecule has 1 aliphatic rings. The van der Waals surface area contributed by atoms with Crippen molar-refractivity contribution in [2.45, 2.75) is 51.2 Å². The van der Waals surface area contributed by atoms with Crippen LogP contribution in [-0.2, 0) is 9.59 Å². The number of alkyl halides is 3. The molecule has 19 heavy (non-hydrogen) atoms. The van der Waals surface area contributed by atoms with Crippen molar-refractivity contribution >= 4 is 11.9 Å². The number of carbonyl (C=O) groups is 2. The second-order valence-electron chi connectivity index (χ2n) is 5.52. The summed E-state index contributed by atoms with van der Waals surface area (Å²) in [5.74, 6) is -4.06. The van der Waals surface area contributed by atoms with Gasteiger partial charge in [0.2, 0.25) is 5.91 Å². The number of hydrogen-bond donors (Lipinski definition) is 2. The highest BCUT2D eigenvalue weighted by Gasteiger charge is 2.44. The fraction of sp³-hybridized carbons (Fsp3) is 0.833. The van der Waals surface area contributed by atoms with Gasteiger partial charge in [0.15, 0.2) is 0 Å². The Kier molecular flexibility index (Phi) is 4.47. The van der Waals surface area contributed by atoms with E-state index in [1.165, 1.54) is 13.8 Å². The van der Waals surface area contributed by atoms with E-state index in [-0.39, 0.29) is 12.8 Å². The first-order chi connectivity index (χ1) is 8.54. The summed E-state index contributed by atoms with van der Waals surface area (Å²) < 4.78 is 37.9. The summed E-state index contributed by atoms with van der Waals surface area (Å²) >= 11 is 0. The predicted octanol–water partition coefficient (Wildman–Crippen LogP) is 2.33. The zero-order valence-electron chi connectivity index (χ0n) is 10.9. The molecule has 0 saturated heterocycles. The minimum Gasteiger partial charge on any atom is -0.480 e. The molecule has 1 aliphatic carbocycles. The molecule has 1 saturated carbocycles. The van der Waals surface area contributed by atoms with E-state index >= 15 is 0 Å². The summed E-state index contributed by atoms with van der Waals surface area (Å²) in [5.41, 5.74) is -1.47. The first-order valence-electron chi connectivity index (χ1n) is 6.16. The van der Waals surface area contributed by atoms with Crippen LogP contribution in [0.5, 0.6) is 0 Å². The molecule has 0 radical (unpaired) electrons. The Bertz CT molecular complexity index is 366. The van der Waals surface area contributed by atoms with Gasteiger partial charge in [0.25, 0.3) is 0 Å². The Balaban J connectivity index is 2.65. The molecule has 1 amide bonds. The van der Waals surface area contributed by atoms with Crippen molar-refractivity contribution in [2.75, 3.05) is 0 Å². The number of halogens is 3. The van der Waals surface area contributed by atoms with Crippen LogP contribution in [0, 0.1) is 11.8 Å². The van der Waals surface area contributed by atoms with Gasteiger partial charge in [0.05, 0.1) is 5.92 Å². The highest BCUT2D eigenvalue weighted by atomic mass is 19.4. The number of rotatable bonds is 3. The van der Waals surface area contributed by atoms with E-state index < -0.39 is 35.4 Å². The van der Waals surface area contributed by atoms with Crippen LogP contribution in [0.25, 0.3) is 0 Å². The van der Waals surface area contributed by atoms with Gasteiger partial charge in [-0.3, -0.25) is 4.79 Å². The molecule has 0 aliphatic heterocycles. The molecule has 0 unspecified atom stereocenters. The summed E-state index contributed by atoms with van der Waals surface area (Å²) in [6.45, 7) is 2.61. The van der Waals surface area contributed by atoms with Gasteiger partial charge in [-0.15, -0.1) is 0 Å². The second-order valence-corrected chi connectivity index (χ2v) is 5.52. The standard InChI is InChI=1S/C12H18F3NO3/c1-11(2,10(18)19)16-9(17)7-4-3-5-8(6-7)12(13,14)15/h7-8H,3-6H2,1-2H3,(H,16,17)(H,18,19)/t7-,8-/m1/s1. The lowest BCUT2D eigenvalue weighted by Gasteiger charge is -2.31. The number of aliphatic carboxylic acids is 1. The summed E-state index contributed by atoms with van der Waals surface area (Å²) in [4.78, 5) is 22.7. The minimum absolute atomic E-state index is 0.0373. The van der Waals surface area contributed by atoms with E-state index in [9.17, 15) is 22.8 Å². The smallest absolute Gasteiger partial charge is 0.391 e. The van der Waals surface area contributed by atoms with Crippen molar-refractivity contribution in [2.24, 2.45) is 11.8 Å². The first kappa shape index (κ1) is 15.8. The van der Waals surface area contributed by atoms with Gasteiger partial charge in [-0.25, -0.2) is 4.79 Å². The Labute approximate surface area is 109 Å². The van der Waals surface area contributed by atoms with Gasteiger partial charge in [0, 0.05) is 5.92 Å². The summed E-state index contributed by atoms with van der Waals surface area (Å²) in [5, 5.41) is 11.2. The fourth-order valence-corrected chi connectivity index (χ4v) is 2.19. The molecule has 2 N–H and O–H groups in total. The van der Waals surface area contributed by atoms with Crippen LogP contribution < -0.4 is 5.32 Å². The van der Waals surface area contributed by atoms with Crippen molar-refractivity contribution in [3.8, 4) is 0 Å². The van der Waals surface area contributed by atoms with Gasteiger partial charge in [-0.1, -0.05) is 6.42 Å². The van der Waals surface area contributed by atoms with Crippen molar-refractivity contribution in [1.29, 1.82) is 0 Å². The normalized spacial score (nSPS) is 24.9. The summed E-state index contributed by atoms with van der Waals surface area (Å²) in [6, 6.07) is 0. The molecule has 0 spiro atoms. The van der Waals surface area contributed by atoms with E-state index in [0.29, 0.717) is 12.8 Å². The molecule has 7 heteroatoms. The van der Waals surface area contributed by atoms with Crippen LogP contribution in [-0.4, -0.2) is 28.7 Å². The Morgan fingerprint density at radius 3 is 2.26 bits per heavy atom. The number of carboxylic acid groups (broad SMARTS) is 1. The molecular formula is C12H18F3NO3. The van der Waals surface area contributed by atoms with Crippen LogP contribution >= 0.6 is 0 Å². The average Bonchev–Trinajstić information content (AvgIpc) is 2.27. The Morgan fingerprint density at radius 1 is 1.21 bits per heavy atom. The number of carboxylic acids is 1. The maximum Gasteiger partial charge on any atom is 0.391 e. The van der Waals surface area contributed by atoms with Gasteiger partial charge in [-0.2, -0.15) is 13.2 Å². The fourth-order valence-electron chi connectivity index (χ4n) is 2.19. The maximum atomic E-state index is 12.6. The second kappa shape index (κ2) is 5.38. The van der Waals surface area contributed by atoms with E-state index in [0.717, 1.165) is 0 Å². The lowest BCUT2D eigenvalue weighted by Crippen LogP contribution is -2.52. The van der Waals surface area contributed by atoms with Crippen LogP contribution in [0.2, 0.25) is 0 Å². The predicted molar refractivity (Wildman–Crippen MR) is 61.4 cm³/mol. The molecule has 2 atom stereocenters. The lowest BCUT2D eigenvalue weighted by atomic mass is 9.80. The maximum absolute atomic E-state index is 12.6. The number of hydrogen-bond acceptors (Lipinski definition) is 2. The SMILES string of the molecule is CC(C)(NC(=O)[C@@H]1CCC[C@@H](C(F)(F)F)C1)C(=O)O. The Morgan fingerprint density at radius 2 is 1.79 bits per heavy atom. The molecule has 1 rings (SSSR count).